The quantitative estimate of drug-likeness (QED) is 0.337. The molecule has 1 atom stereocenters. The van der Waals surface area contributed by atoms with E-state index in [1.165, 1.54) is 24.1 Å². The zero-order valence-electron chi connectivity index (χ0n) is 22.6. The average molecular weight is 572 g/mol. The van der Waals surface area contributed by atoms with Gasteiger partial charge in [0.15, 0.2) is 0 Å². The number of carbonyl (C=O) groups is 2. The van der Waals surface area contributed by atoms with Gasteiger partial charge in [-0.1, -0.05) is 54.4 Å². The van der Waals surface area contributed by atoms with Crippen LogP contribution in [0.1, 0.15) is 31.4 Å². The normalized spacial score (nSPS) is 11.9. The van der Waals surface area contributed by atoms with Crippen LogP contribution in [-0.4, -0.2) is 51.4 Å². The van der Waals surface area contributed by atoms with Crippen molar-refractivity contribution in [1.82, 2.24) is 10.2 Å². The van der Waals surface area contributed by atoms with Crippen LogP contribution in [0.25, 0.3) is 0 Å². The van der Waals surface area contributed by atoms with Gasteiger partial charge in [-0.15, -0.1) is 0 Å². The standard InChI is InChI=1S/C29H34ClN3O5S/c1-5-18-31-29(35)22(3)32(19-23-8-6-7-9-27(23)30)28(34)20-33(24-12-14-25(38-4)15-13-24)39(36,37)26-16-10-21(2)11-17-26/h6-17,22H,5,18-20H2,1-4H3,(H,31,35)/t22-/m0/s1. The van der Waals surface area contributed by atoms with Crippen molar-refractivity contribution in [2.45, 2.75) is 44.7 Å². The van der Waals surface area contributed by atoms with Crippen molar-refractivity contribution in [2.24, 2.45) is 0 Å². The van der Waals surface area contributed by atoms with Crippen molar-refractivity contribution in [3.8, 4) is 5.75 Å². The molecule has 0 unspecified atom stereocenters. The molecule has 2 amide bonds. The molecule has 0 saturated heterocycles. The van der Waals surface area contributed by atoms with Crippen LogP contribution in [0.3, 0.4) is 0 Å². The SMILES string of the molecule is CCCNC(=O)[C@H](C)N(Cc1ccccc1Cl)C(=O)CN(c1ccc(OC)cc1)S(=O)(=O)c1ccc(C)cc1. The number of methoxy groups -OCH3 is 1. The molecule has 39 heavy (non-hydrogen) atoms. The number of ether oxygens (including phenoxy) is 1. The number of hydrogen-bond donors (Lipinski definition) is 1. The Balaban J connectivity index is 2.03. The van der Waals surface area contributed by atoms with Crippen molar-refractivity contribution in [3.05, 3.63) is 88.9 Å². The number of amides is 2. The van der Waals surface area contributed by atoms with Crippen LogP contribution in [0, 0.1) is 6.92 Å². The Morgan fingerprint density at radius 2 is 1.64 bits per heavy atom. The van der Waals surface area contributed by atoms with E-state index in [9.17, 15) is 18.0 Å². The van der Waals surface area contributed by atoms with Gasteiger partial charge in [0.25, 0.3) is 10.0 Å². The first-order valence-corrected chi connectivity index (χ1v) is 14.4. The van der Waals surface area contributed by atoms with Crippen LogP contribution in [0.5, 0.6) is 5.75 Å². The van der Waals surface area contributed by atoms with Crippen LogP contribution in [-0.2, 0) is 26.2 Å². The molecule has 10 heteroatoms. The lowest BCUT2D eigenvalue weighted by atomic mass is 10.1. The van der Waals surface area contributed by atoms with Gasteiger partial charge in [0.05, 0.1) is 17.7 Å². The molecule has 8 nitrogen and oxygen atoms in total. The molecular formula is C29H34ClN3O5S. The average Bonchev–Trinajstić information content (AvgIpc) is 2.94. The van der Waals surface area contributed by atoms with Gasteiger partial charge < -0.3 is 15.0 Å². The van der Waals surface area contributed by atoms with Gasteiger partial charge in [-0.05, 0) is 68.3 Å². The van der Waals surface area contributed by atoms with Gasteiger partial charge in [-0.3, -0.25) is 13.9 Å². The predicted octanol–water partition coefficient (Wildman–Crippen LogP) is 4.80. The molecule has 0 aliphatic heterocycles. The largest absolute Gasteiger partial charge is 0.497 e. The van der Waals surface area contributed by atoms with Crippen LogP contribution in [0.2, 0.25) is 5.02 Å². The van der Waals surface area contributed by atoms with E-state index in [0.717, 1.165) is 16.3 Å². The first kappa shape index (κ1) is 30.0. The molecule has 0 fully saturated rings. The van der Waals surface area contributed by atoms with E-state index >= 15 is 0 Å². The van der Waals surface area contributed by atoms with Crippen LogP contribution < -0.4 is 14.4 Å². The van der Waals surface area contributed by atoms with E-state index in [1.807, 2.05) is 13.8 Å². The van der Waals surface area contributed by atoms with Gasteiger partial charge in [0.2, 0.25) is 11.8 Å². The summed E-state index contributed by atoms with van der Waals surface area (Å²) in [6.07, 6.45) is 0.733. The molecule has 0 radical (unpaired) electrons. The highest BCUT2D eigenvalue weighted by atomic mass is 35.5. The molecule has 3 rings (SSSR count). The number of aryl methyl sites for hydroxylation is 1. The Kier molecular flexibility index (Phi) is 10.4. The van der Waals surface area contributed by atoms with Gasteiger partial charge in [0.1, 0.15) is 18.3 Å². The molecule has 208 valence electrons. The Bertz CT molecular complexity index is 1380. The molecular weight excluding hydrogens is 538 g/mol. The number of nitrogens with zero attached hydrogens (tertiary/aromatic N) is 2. The molecule has 0 saturated carbocycles. The van der Waals surface area contributed by atoms with Gasteiger partial charge in [-0.25, -0.2) is 8.42 Å². The number of nitrogens with one attached hydrogen (secondary N) is 1. The van der Waals surface area contributed by atoms with Crippen LogP contribution >= 0.6 is 11.6 Å². The molecule has 0 aliphatic rings. The molecule has 0 aromatic heterocycles. The molecule has 0 aliphatic carbocycles. The molecule has 0 spiro atoms. The number of hydrogen-bond acceptors (Lipinski definition) is 5. The van der Waals surface area contributed by atoms with E-state index in [-0.39, 0.29) is 23.0 Å². The van der Waals surface area contributed by atoms with E-state index in [2.05, 4.69) is 5.32 Å². The third-order valence-electron chi connectivity index (χ3n) is 6.26. The second-order valence-corrected chi connectivity index (χ2v) is 11.4. The lowest BCUT2D eigenvalue weighted by Gasteiger charge is -2.32. The topological polar surface area (TPSA) is 96.0 Å². The maximum Gasteiger partial charge on any atom is 0.264 e. The fraction of sp³-hybridized carbons (Fsp3) is 0.310. The Morgan fingerprint density at radius 1 is 1.00 bits per heavy atom. The highest BCUT2D eigenvalue weighted by Gasteiger charge is 2.32. The third kappa shape index (κ3) is 7.52. The fourth-order valence-corrected chi connectivity index (χ4v) is 5.51. The summed E-state index contributed by atoms with van der Waals surface area (Å²) in [4.78, 5) is 28.2. The third-order valence-corrected chi connectivity index (χ3v) is 8.42. The van der Waals surface area contributed by atoms with Gasteiger partial charge in [-0.2, -0.15) is 0 Å². The minimum Gasteiger partial charge on any atom is -0.497 e. The van der Waals surface area contributed by atoms with Crippen molar-refractivity contribution in [3.63, 3.8) is 0 Å². The van der Waals surface area contributed by atoms with E-state index in [1.54, 1.807) is 67.6 Å². The summed E-state index contributed by atoms with van der Waals surface area (Å²) in [6, 6.07) is 19.0. The van der Waals surface area contributed by atoms with Crippen molar-refractivity contribution in [2.75, 3.05) is 24.5 Å². The Hall–Kier alpha value is -3.56. The number of rotatable bonds is 12. The minimum absolute atomic E-state index is 0.0280. The van der Waals surface area contributed by atoms with Crippen LogP contribution in [0.4, 0.5) is 5.69 Å². The summed E-state index contributed by atoms with van der Waals surface area (Å²) in [6.45, 7) is 5.36. The van der Waals surface area contributed by atoms with Crippen LogP contribution in [0.15, 0.2) is 77.7 Å². The first-order valence-electron chi connectivity index (χ1n) is 12.6. The minimum atomic E-state index is -4.14. The first-order chi connectivity index (χ1) is 18.6. The highest BCUT2D eigenvalue weighted by molar-refractivity contribution is 7.92. The Morgan fingerprint density at radius 3 is 2.23 bits per heavy atom. The summed E-state index contributed by atoms with van der Waals surface area (Å²) >= 11 is 6.38. The summed E-state index contributed by atoms with van der Waals surface area (Å²) in [7, 11) is -2.63. The van der Waals surface area contributed by atoms with E-state index in [0.29, 0.717) is 22.9 Å². The van der Waals surface area contributed by atoms with E-state index in [4.69, 9.17) is 16.3 Å². The number of anilines is 1. The maximum absolute atomic E-state index is 13.9. The molecule has 1 N–H and O–H groups in total. The summed E-state index contributed by atoms with van der Waals surface area (Å²) < 4.78 is 33.9. The monoisotopic (exact) mass is 571 g/mol. The molecule has 0 bridgehead atoms. The zero-order chi connectivity index (χ0) is 28.6. The van der Waals surface area contributed by atoms with E-state index < -0.39 is 28.5 Å². The number of halogens is 1. The second-order valence-electron chi connectivity index (χ2n) is 9.10. The maximum atomic E-state index is 13.9. The fourth-order valence-electron chi connectivity index (χ4n) is 3.90. The summed E-state index contributed by atoms with van der Waals surface area (Å²) in [5, 5.41) is 3.26. The van der Waals surface area contributed by atoms with Gasteiger partial charge in [0, 0.05) is 18.1 Å². The molecule has 0 heterocycles. The smallest absolute Gasteiger partial charge is 0.264 e. The molecule has 3 aromatic rings. The number of benzene rings is 3. The van der Waals surface area contributed by atoms with Crippen molar-refractivity contribution >= 4 is 39.1 Å². The van der Waals surface area contributed by atoms with Crippen molar-refractivity contribution in [1.29, 1.82) is 0 Å². The summed E-state index contributed by atoms with van der Waals surface area (Å²) in [5.41, 5.74) is 1.82. The molecule has 3 aromatic carbocycles. The second kappa shape index (κ2) is 13.5. The number of carbonyl (C=O) groups excluding carboxylic acids is 2. The lowest BCUT2D eigenvalue weighted by Crippen LogP contribution is -2.51. The highest BCUT2D eigenvalue weighted by Crippen LogP contribution is 2.27. The summed E-state index contributed by atoms with van der Waals surface area (Å²) in [5.74, 6) is -0.352. The predicted molar refractivity (Wildman–Crippen MR) is 153 cm³/mol. The van der Waals surface area contributed by atoms with Gasteiger partial charge >= 0.3 is 0 Å². The zero-order valence-corrected chi connectivity index (χ0v) is 24.1. The van der Waals surface area contributed by atoms with Crippen molar-refractivity contribution < 1.29 is 22.7 Å². The Labute approximate surface area is 235 Å². The number of sulfonamides is 1. The lowest BCUT2D eigenvalue weighted by molar-refractivity contribution is -0.139.